The van der Waals surface area contributed by atoms with Crippen LogP contribution in [-0.4, -0.2) is 47.0 Å². The summed E-state index contributed by atoms with van der Waals surface area (Å²) in [6.07, 6.45) is 3.27. The topological polar surface area (TPSA) is 49.3 Å². The van der Waals surface area contributed by atoms with Crippen molar-refractivity contribution in [1.82, 2.24) is 14.9 Å². The van der Waals surface area contributed by atoms with Gasteiger partial charge in [-0.05, 0) is 31.9 Å². The maximum atomic E-state index is 13.5. The molecule has 2 heterocycles. The molecule has 1 aliphatic heterocycles. The molecule has 1 saturated heterocycles. The van der Waals surface area contributed by atoms with Crippen molar-refractivity contribution in [3.05, 3.63) is 41.8 Å². The fourth-order valence-corrected chi connectivity index (χ4v) is 3.54. The highest BCUT2D eigenvalue weighted by atomic mass is 19.1. The number of aryl methyl sites for hydroxylation is 1. The number of hydrogen-bond acceptors (Lipinski definition) is 4. The molecular formula is C20H23FN4O. The lowest BCUT2D eigenvalue weighted by Gasteiger charge is -2.38. The van der Waals surface area contributed by atoms with E-state index in [0.717, 1.165) is 50.5 Å². The Morgan fingerprint density at radius 3 is 2.54 bits per heavy atom. The predicted octanol–water partition coefficient (Wildman–Crippen LogP) is 3.04. The molecule has 1 aliphatic carbocycles. The Kier molecular flexibility index (Phi) is 4.57. The first-order valence-corrected chi connectivity index (χ1v) is 9.25. The highest BCUT2D eigenvalue weighted by Gasteiger charge is 2.31. The van der Waals surface area contributed by atoms with Gasteiger partial charge in [0.05, 0.1) is 0 Å². The molecule has 1 amide bonds. The Bertz CT molecular complexity index is 813. The van der Waals surface area contributed by atoms with Crippen LogP contribution >= 0.6 is 0 Å². The van der Waals surface area contributed by atoms with Crippen molar-refractivity contribution in [1.29, 1.82) is 0 Å². The van der Waals surface area contributed by atoms with Crippen LogP contribution in [0.4, 0.5) is 10.2 Å². The SMILES string of the molecule is Cc1cc(N2CCN(C(=O)C3CCC3)CC2)nc(-c2cccc(F)c2)n1. The molecule has 0 bridgehead atoms. The molecule has 6 heteroatoms. The highest BCUT2D eigenvalue weighted by Crippen LogP contribution is 2.29. The zero-order valence-electron chi connectivity index (χ0n) is 15.0. The minimum Gasteiger partial charge on any atom is -0.353 e. The van der Waals surface area contributed by atoms with Crippen molar-refractivity contribution in [3.8, 4) is 11.4 Å². The Labute approximate surface area is 152 Å². The second-order valence-corrected chi connectivity index (χ2v) is 7.14. The van der Waals surface area contributed by atoms with Gasteiger partial charge in [-0.25, -0.2) is 14.4 Å². The van der Waals surface area contributed by atoms with E-state index in [-0.39, 0.29) is 11.7 Å². The molecule has 0 radical (unpaired) electrons. The summed E-state index contributed by atoms with van der Waals surface area (Å²) in [7, 11) is 0. The van der Waals surface area contributed by atoms with Crippen LogP contribution in [0.15, 0.2) is 30.3 Å². The van der Waals surface area contributed by atoms with E-state index < -0.39 is 0 Å². The number of benzene rings is 1. The van der Waals surface area contributed by atoms with Crippen molar-refractivity contribution in [2.24, 2.45) is 5.92 Å². The molecule has 0 spiro atoms. The number of carbonyl (C=O) groups excluding carboxylic acids is 1. The molecule has 26 heavy (non-hydrogen) atoms. The molecule has 1 aromatic carbocycles. The predicted molar refractivity (Wildman–Crippen MR) is 98.3 cm³/mol. The molecule has 0 unspecified atom stereocenters. The first kappa shape index (κ1) is 16.9. The quantitative estimate of drug-likeness (QED) is 0.850. The molecule has 2 fully saturated rings. The average molecular weight is 354 g/mol. The van der Waals surface area contributed by atoms with Crippen molar-refractivity contribution in [2.75, 3.05) is 31.1 Å². The van der Waals surface area contributed by atoms with Gasteiger partial charge in [0.15, 0.2) is 5.82 Å². The zero-order valence-corrected chi connectivity index (χ0v) is 15.0. The van der Waals surface area contributed by atoms with Gasteiger partial charge in [0.1, 0.15) is 11.6 Å². The Balaban J connectivity index is 1.49. The second-order valence-electron chi connectivity index (χ2n) is 7.14. The Morgan fingerprint density at radius 2 is 1.88 bits per heavy atom. The van der Waals surface area contributed by atoms with Crippen LogP contribution in [-0.2, 0) is 4.79 Å². The van der Waals surface area contributed by atoms with E-state index in [0.29, 0.717) is 17.3 Å². The van der Waals surface area contributed by atoms with Crippen LogP contribution < -0.4 is 4.90 Å². The van der Waals surface area contributed by atoms with Gasteiger partial charge >= 0.3 is 0 Å². The van der Waals surface area contributed by atoms with Gasteiger partial charge in [-0.15, -0.1) is 0 Å². The molecule has 5 nitrogen and oxygen atoms in total. The van der Waals surface area contributed by atoms with E-state index in [1.54, 1.807) is 6.07 Å². The summed E-state index contributed by atoms with van der Waals surface area (Å²) < 4.78 is 13.5. The normalized spacial score (nSPS) is 17.9. The van der Waals surface area contributed by atoms with Gasteiger partial charge in [0, 0.05) is 49.4 Å². The van der Waals surface area contributed by atoms with Crippen LogP contribution in [0.3, 0.4) is 0 Å². The van der Waals surface area contributed by atoms with E-state index in [9.17, 15) is 9.18 Å². The van der Waals surface area contributed by atoms with Gasteiger partial charge in [0.2, 0.25) is 5.91 Å². The lowest BCUT2D eigenvalue weighted by molar-refractivity contribution is -0.138. The molecule has 2 aliphatic rings. The molecule has 1 aromatic heterocycles. The second kappa shape index (κ2) is 7.02. The number of halogens is 1. The maximum absolute atomic E-state index is 13.5. The van der Waals surface area contributed by atoms with Gasteiger partial charge in [0.25, 0.3) is 0 Å². The van der Waals surface area contributed by atoms with Gasteiger partial charge < -0.3 is 9.80 Å². The van der Waals surface area contributed by atoms with Crippen LogP contribution in [0.5, 0.6) is 0 Å². The van der Waals surface area contributed by atoms with E-state index in [1.807, 2.05) is 24.0 Å². The molecular weight excluding hydrogens is 331 g/mol. The van der Waals surface area contributed by atoms with Crippen LogP contribution in [0.25, 0.3) is 11.4 Å². The number of hydrogen-bond donors (Lipinski definition) is 0. The molecule has 0 atom stereocenters. The number of aromatic nitrogens is 2. The fourth-order valence-electron chi connectivity index (χ4n) is 3.54. The highest BCUT2D eigenvalue weighted by molar-refractivity contribution is 5.79. The number of piperazine rings is 1. The average Bonchev–Trinajstić information content (AvgIpc) is 2.60. The van der Waals surface area contributed by atoms with E-state index in [2.05, 4.69) is 14.9 Å². The molecule has 0 N–H and O–H groups in total. The molecule has 2 aromatic rings. The number of rotatable bonds is 3. The summed E-state index contributed by atoms with van der Waals surface area (Å²) in [5.41, 5.74) is 1.52. The Hall–Kier alpha value is -2.50. The van der Waals surface area contributed by atoms with Crippen molar-refractivity contribution in [3.63, 3.8) is 0 Å². The number of anilines is 1. The van der Waals surface area contributed by atoms with Gasteiger partial charge in [-0.3, -0.25) is 4.79 Å². The summed E-state index contributed by atoms with van der Waals surface area (Å²) in [5.74, 6) is 1.65. The third-order valence-corrected chi connectivity index (χ3v) is 5.29. The number of carbonyl (C=O) groups is 1. The van der Waals surface area contributed by atoms with Crippen molar-refractivity contribution in [2.45, 2.75) is 26.2 Å². The lowest BCUT2D eigenvalue weighted by atomic mass is 9.84. The van der Waals surface area contributed by atoms with E-state index >= 15 is 0 Å². The van der Waals surface area contributed by atoms with E-state index in [4.69, 9.17) is 0 Å². The third kappa shape index (κ3) is 3.41. The summed E-state index contributed by atoms with van der Waals surface area (Å²) in [6, 6.07) is 8.30. The van der Waals surface area contributed by atoms with Crippen molar-refractivity contribution >= 4 is 11.7 Å². The molecule has 4 rings (SSSR count). The van der Waals surface area contributed by atoms with E-state index in [1.165, 1.54) is 18.6 Å². The summed E-state index contributed by atoms with van der Waals surface area (Å²) in [6.45, 7) is 4.90. The third-order valence-electron chi connectivity index (χ3n) is 5.29. The first-order chi connectivity index (χ1) is 12.6. The maximum Gasteiger partial charge on any atom is 0.225 e. The van der Waals surface area contributed by atoms with Crippen molar-refractivity contribution < 1.29 is 9.18 Å². The number of amides is 1. The first-order valence-electron chi connectivity index (χ1n) is 9.25. The fraction of sp³-hybridized carbons (Fsp3) is 0.450. The van der Waals surface area contributed by atoms with Gasteiger partial charge in [-0.2, -0.15) is 0 Å². The summed E-state index contributed by atoms with van der Waals surface area (Å²) in [4.78, 5) is 25.7. The zero-order chi connectivity index (χ0) is 18.1. The lowest BCUT2D eigenvalue weighted by Crippen LogP contribution is -2.51. The van der Waals surface area contributed by atoms with Crippen LogP contribution in [0, 0.1) is 18.7 Å². The Morgan fingerprint density at radius 1 is 1.12 bits per heavy atom. The minimum atomic E-state index is -0.294. The van der Waals surface area contributed by atoms with Crippen LogP contribution in [0.1, 0.15) is 25.0 Å². The monoisotopic (exact) mass is 354 g/mol. The van der Waals surface area contributed by atoms with Gasteiger partial charge in [-0.1, -0.05) is 18.6 Å². The largest absolute Gasteiger partial charge is 0.353 e. The summed E-state index contributed by atoms with van der Waals surface area (Å²) in [5, 5.41) is 0. The molecule has 1 saturated carbocycles. The molecule has 136 valence electrons. The smallest absolute Gasteiger partial charge is 0.225 e. The number of nitrogens with zero attached hydrogens (tertiary/aromatic N) is 4. The minimum absolute atomic E-state index is 0.252. The summed E-state index contributed by atoms with van der Waals surface area (Å²) >= 11 is 0. The van der Waals surface area contributed by atoms with Crippen LogP contribution in [0.2, 0.25) is 0 Å². The standard InChI is InChI=1S/C20H23FN4O/c1-14-12-18(23-19(22-14)16-6-3-7-17(21)13-16)24-8-10-25(11-9-24)20(26)15-4-2-5-15/h3,6-7,12-13,15H,2,4-5,8-11H2,1H3.